The van der Waals surface area contributed by atoms with Crippen molar-refractivity contribution in [3.63, 3.8) is 0 Å². The van der Waals surface area contributed by atoms with Crippen LogP contribution in [0.15, 0.2) is 24.3 Å². The van der Waals surface area contributed by atoms with Crippen LogP contribution in [0.4, 0.5) is 0 Å². The number of nitrogens with one attached hydrogen (secondary N) is 1. The van der Waals surface area contributed by atoms with Crippen molar-refractivity contribution in [2.75, 3.05) is 12.0 Å². The quantitative estimate of drug-likeness (QED) is 0.489. The number of carbonyl (C=O) groups excluding carboxylic acids is 1. The topological polar surface area (TPSA) is 127 Å². The summed E-state index contributed by atoms with van der Waals surface area (Å²) in [4.78, 5) is 35.0. The first-order valence-electron chi connectivity index (χ1n) is 8.74. The molecular formula is C19H27NO6S. The van der Waals surface area contributed by atoms with Gasteiger partial charge in [-0.3, -0.25) is 9.59 Å². The first-order valence-corrected chi connectivity index (χ1v) is 10.5. The van der Waals surface area contributed by atoms with Gasteiger partial charge in [0.05, 0.1) is 12.2 Å². The molecule has 0 radical (unpaired) electrons. The number of carboxylic acids is 2. The highest BCUT2D eigenvalue weighted by Gasteiger charge is 2.27. The molecule has 3 N–H and O–H groups in total. The molecule has 8 heteroatoms. The third kappa shape index (κ3) is 8.45. The van der Waals surface area contributed by atoms with Crippen molar-refractivity contribution in [2.45, 2.75) is 45.1 Å². The Kier molecular flexibility index (Phi) is 9.31. The number of benzene rings is 1. The fraction of sp³-hybridized carbons (Fsp3) is 0.526. The minimum Gasteiger partial charge on any atom is -0.617 e. The average molecular weight is 397 g/mol. The lowest BCUT2D eigenvalue weighted by atomic mass is 9.93. The van der Waals surface area contributed by atoms with E-state index in [2.05, 4.69) is 19.2 Å². The van der Waals surface area contributed by atoms with Gasteiger partial charge in [0, 0.05) is 12.8 Å². The fourth-order valence-electron chi connectivity index (χ4n) is 2.69. The van der Waals surface area contributed by atoms with E-state index in [1.807, 2.05) is 12.1 Å². The zero-order valence-corrected chi connectivity index (χ0v) is 16.6. The SMILES string of the molecule is CC(C)Cc1ccc(C(CC(=O)NC(CC[S+](C)[O-])C(=O)O)C(=O)O)cc1. The lowest BCUT2D eigenvalue weighted by Crippen LogP contribution is -2.42. The summed E-state index contributed by atoms with van der Waals surface area (Å²) in [7, 11) is 0. The first-order chi connectivity index (χ1) is 12.6. The maximum atomic E-state index is 12.2. The summed E-state index contributed by atoms with van der Waals surface area (Å²) in [5.74, 6) is -3.50. The Labute approximate surface area is 162 Å². The minimum atomic E-state index is -1.24. The van der Waals surface area contributed by atoms with Gasteiger partial charge in [-0.15, -0.1) is 0 Å². The smallest absolute Gasteiger partial charge is 0.326 e. The van der Waals surface area contributed by atoms with Crippen molar-refractivity contribution >= 4 is 29.0 Å². The standard InChI is InChI=1S/C19H27NO6S/c1-12(2)10-13-4-6-14(7-5-13)15(18(22)23)11-17(21)20-16(19(24)25)8-9-27(3)26/h4-7,12,15-16H,8-11H2,1-3H3,(H,20,21)(H,22,23)(H,24,25). The van der Waals surface area contributed by atoms with Gasteiger partial charge in [0.25, 0.3) is 0 Å². The van der Waals surface area contributed by atoms with Gasteiger partial charge in [-0.05, 0) is 23.5 Å². The summed E-state index contributed by atoms with van der Waals surface area (Å²) in [5.41, 5.74) is 1.58. The zero-order valence-electron chi connectivity index (χ0n) is 15.8. The lowest BCUT2D eigenvalue weighted by molar-refractivity contribution is -0.143. The van der Waals surface area contributed by atoms with Gasteiger partial charge in [0.2, 0.25) is 5.91 Å². The Morgan fingerprint density at radius 1 is 1.11 bits per heavy atom. The molecule has 3 atom stereocenters. The van der Waals surface area contributed by atoms with Gasteiger partial charge in [-0.25, -0.2) is 4.79 Å². The summed E-state index contributed by atoms with van der Waals surface area (Å²) in [6.45, 7) is 4.18. The van der Waals surface area contributed by atoms with Crippen molar-refractivity contribution in [3.8, 4) is 0 Å². The zero-order chi connectivity index (χ0) is 20.6. The molecule has 0 saturated carbocycles. The normalized spacial score (nSPS) is 14.4. The van der Waals surface area contributed by atoms with Crippen LogP contribution in [0.1, 0.15) is 43.7 Å². The Hall–Kier alpha value is -2.06. The van der Waals surface area contributed by atoms with Crippen molar-refractivity contribution in [1.82, 2.24) is 5.32 Å². The molecule has 7 nitrogen and oxygen atoms in total. The minimum absolute atomic E-state index is 0.0197. The third-order valence-electron chi connectivity index (χ3n) is 4.04. The molecule has 1 aromatic rings. The molecule has 1 amide bonds. The number of hydrogen-bond acceptors (Lipinski definition) is 4. The molecule has 1 aromatic carbocycles. The maximum Gasteiger partial charge on any atom is 0.326 e. The second-order valence-corrected chi connectivity index (χ2v) is 8.51. The van der Waals surface area contributed by atoms with Crippen molar-refractivity contribution in [3.05, 3.63) is 35.4 Å². The van der Waals surface area contributed by atoms with Crippen LogP contribution in [0.3, 0.4) is 0 Å². The highest BCUT2D eigenvalue weighted by molar-refractivity contribution is 7.90. The van der Waals surface area contributed by atoms with Crippen LogP contribution in [0, 0.1) is 5.92 Å². The van der Waals surface area contributed by atoms with Crippen molar-refractivity contribution < 1.29 is 29.1 Å². The van der Waals surface area contributed by atoms with E-state index in [9.17, 15) is 24.0 Å². The highest BCUT2D eigenvalue weighted by Crippen LogP contribution is 2.22. The molecule has 0 spiro atoms. The Morgan fingerprint density at radius 2 is 1.70 bits per heavy atom. The predicted octanol–water partition coefficient (Wildman–Crippen LogP) is 1.78. The molecule has 0 heterocycles. The van der Waals surface area contributed by atoms with E-state index in [0.29, 0.717) is 11.5 Å². The summed E-state index contributed by atoms with van der Waals surface area (Å²) in [6.07, 6.45) is 1.98. The molecule has 27 heavy (non-hydrogen) atoms. The number of carboxylic acid groups (broad SMARTS) is 2. The summed E-state index contributed by atoms with van der Waals surface area (Å²) in [5, 5.41) is 21.0. The van der Waals surface area contributed by atoms with E-state index in [4.69, 9.17) is 5.11 Å². The lowest BCUT2D eigenvalue weighted by Gasteiger charge is -2.17. The van der Waals surface area contributed by atoms with E-state index >= 15 is 0 Å². The third-order valence-corrected chi connectivity index (χ3v) is 4.85. The van der Waals surface area contributed by atoms with Crippen LogP contribution >= 0.6 is 0 Å². The second kappa shape index (κ2) is 10.9. The van der Waals surface area contributed by atoms with Gasteiger partial charge in [0.1, 0.15) is 11.8 Å². The van der Waals surface area contributed by atoms with Crippen molar-refractivity contribution in [2.24, 2.45) is 5.92 Å². The molecule has 0 aliphatic carbocycles. The number of hydrogen-bond donors (Lipinski definition) is 3. The Bertz CT molecular complexity index is 644. The molecule has 0 fully saturated rings. The maximum absolute atomic E-state index is 12.2. The molecular weight excluding hydrogens is 370 g/mol. The molecule has 1 rings (SSSR count). The van der Waals surface area contributed by atoms with Crippen LogP contribution in [-0.2, 0) is 32.0 Å². The second-order valence-electron chi connectivity index (χ2n) is 6.96. The van der Waals surface area contributed by atoms with Crippen LogP contribution in [0.2, 0.25) is 0 Å². The monoisotopic (exact) mass is 397 g/mol. The molecule has 0 aliphatic rings. The largest absolute Gasteiger partial charge is 0.617 e. The predicted molar refractivity (Wildman–Crippen MR) is 103 cm³/mol. The molecule has 0 aliphatic heterocycles. The van der Waals surface area contributed by atoms with Crippen LogP contribution < -0.4 is 5.32 Å². The van der Waals surface area contributed by atoms with Gasteiger partial charge in [-0.2, -0.15) is 0 Å². The van der Waals surface area contributed by atoms with Crippen LogP contribution in [-0.4, -0.2) is 50.7 Å². The number of rotatable bonds is 11. The van der Waals surface area contributed by atoms with Gasteiger partial charge >= 0.3 is 11.9 Å². The fourth-order valence-corrected chi connectivity index (χ4v) is 3.25. The van der Waals surface area contributed by atoms with Gasteiger partial charge in [0.15, 0.2) is 0 Å². The van der Waals surface area contributed by atoms with Gasteiger partial charge in [-0.1, -0.05) is 49.3 Å². The molecule has 150 valence electrons. The first kappa shape index (κ1) is 23.0. The number of aliphatic carboxylic acids is 2. The number of amides is 1. The molecule has 3 unspecified atom stereocenters. The average Bonchev–Trinajstić information content (AvgIpc) is 2.56. The Balaban J connectivity index is 2.79. The summed E-state index contributed by atoms with van der Waals surface area (Å²) < 4.78 is 11.1. The van der Waals surface area contributed by atoms with Crippen LogP contribution in [0.25, 0.3) is 0 Å². The van der Waals surface area contributed by atoms with Crippen LogP contribution in [0.5, 0.6) is 0 Å². The summed E-state index contributed by atoms with van der Waals surface area (Å²) >= 11 is -1.18. The van der Waals surface area contributed by atoms with E-state index in [-0.39, 0.29) is 18.6 Å². The molecule has 0 bridgehead atoms. The summed E-state index contributed by atoms with van der Waals surface area (Å²) in [6, 6.07) is 5.89. The van der Waals surface area contributed by atoms with Gasteiger partial charge < -0.3 is 20.1 Å². The van der Waals surface area contributed by atoms with Crippen molar-refractivity contribution in [1.29, 1.82) is 0 Å². The van der Waals surface area contributed by atoms with E-state index in [0.717, 1.165) is 12.0 Å². The van der Waals surface area contributed by atoms with E-state index in [1.165, 1.54) is 6.26 Å². The molecule has 0 saturated heterocycles. The van der Waals surface area contributed by atoms with E-state index < -0.39 is 41.0 Å². The van der Waals surface area contributed by atoms with E-state index in [1.54, 1.807) is 12.1 Å². The molecule has 0 aromatic heterocycles. The highest BCUT2D eigenvalue weighted by atomic mass is 32.2. The number of carbonyl (C=O) groups is 3. The Morgan fingerprint density at radius 3 is 2.15 bits per heavy atom.